The Hall–Kier alpha value is -0.280. The highest BCUT2D eigenvalue weighted by molar-refractivity contribution is 6.35. The van der Waals surface area contributed by atoms with E-state index in [1.165, 1.54) is 0 Å². The average Bonchev–Trinajstić information content (AvgIpc) is 2.83. The third-order valence-corrected chi connectivity index (χ3v) is 4.54. The minimum absolute atomic E-state index is 0.272. The van der Waals surface area contributed by atoms with Crippen LogP contribution < -0.4 is 5.32 Å². The lowest BCUT2D eigenvalue weighted by Gasteiger charge is -2.27. The van der Waals surface area contributed by atoms with Crippen molar-refractivity contribution >= 4 is 23.2 Å². The predicted octanol–water partition coefficient (Wildman–Crippen LogP) is 4.33. The summed E-state index contributed by atoms with van der Waals surface area (Å²) in [6.07, 6.45) is 3.41. The highest BCUT2D eigenvalue weighted by atomic mass is 35.5. The number of benzene rings is 1. The molecule has 0 spiro atoms. The summed E-state index contributed by atoms with van der Waals surface area (Å²) in [5.74, 6) is 0.593. The van der Waals surface area contributed by atoms with Crippen LogP contribution in [0.25, 0.3) is 0 Å². The van der Waals surface area contributed by atoms with Gasteiger partial charge in [0, 0.05) is 22.7 Å². The van der Waals surface area contributed by atoms with Crippen LogP contribution in [0.1, 0.15) is 32.3 Å². The molecule has 20 heavy (non-hydrogen) atoms. The minimum Gasteiger partial charge on any atom is -0.376 e. The van der Waals surface area contributed by atoms with Gasteiger partial charge < -0.3 is 10.1 Å². The molecular weight excluding hydrogens is 293 g/mol. The van der Waals surface area contributed by atoms with Gasteiger partial charge >= 0.3 is 0 Å². The average molecular weight is 316 g/mol. The topological polar surface area (TPSA) is 21.3 Å². The maximum Gasteiger partial charge on any atom is 0.0757 e. The molecule has 0 aliphatic carbocycles. The minimum atomic E-state index is 0.272. The molecule has 1 aliphatic heterocycles. The molecule has 3 atom stereocenters. The second-order valence-corrected chi connectivity index (χ2v) is 6.45. The summed E-state index contributed by atoms with van der Waals surface area (Å²) in [6, 6.07) is 6.05. The first kappa shape index (κ1) is 16.1. The van der Waals surface area contributed by atoms with Crippen molar-refractivity contribution in [3.63, 3.8) is 0 Å². The summed E-state index contributed by atoms with van der Waals surface area (Å²) in [7, 11) is 0. The van der Waals surface area contributed by atoms with Gasteiger partial charge in [0.15, 0.2) is 0 Å². The molecule has 0 bridgehead atoms. The molecule has 0 radical (unpaired) electrons. The van der Waals surface area contributed by atoms with Crippen LogP contribution in [0.2, 0.25) is 10.0 Å². The van der Waals surface area contributed by atoms with Crippen molar-refractivity contribution < 1.29 is 4.74 Å². The first-order valence-electron chi connectivity index (χ1n) is 7.40. The van der Waals surface area contributed by atoms with Gasteiger partial charge in [-0.3, -0.25) is 0 Å². The predicted molar refractivity (Wildman–Crippen MR) is 85.8 cm³/mol. The Morgan fingerprint density at radius 3 is 2.80 bits per heavy atom. The maximum absolute atomic E-state index is 6.30. The third-order valence-electron chi connectivity index (χ3n) is 3.95. The molecule has 1 heterocycles. The Morgan fingerprint density at radius 1 is 1.40 bits per heavy atom. The quantitative estimate of drug-likeness (QED) is 0.843. The van der Waals surface area contributed by atoms with Crippen LogP contribution in [0.5, 0.6) is 0 Å². The van der Waals surface area contributed by atoms with Gasteiger partial charge in [-0.2, -0.15) is 0 Å². The van der Waals surface area contributed by atoms with Gasteiger partial charge in [0.25, 0.3) is 0 Å². The molecule has 1 fully saturated rings. The summed E-state index contributed by atoms with van der Waals surface area (Å²) in [5.41, 5.74) is 1.13. The van der Waals surface area contributed by atoms with Gasteiger partial charge in [-0.1, -0.05) is 43.1 Å². The van der Waals surface area contributed by atoms with Crippen molar-refractivity contribution in [1.29, 1.82) is 0 Å². The van der Waals surface area contributed by atoms with E-state index in [9.17, 15) is 0 Å². The number of hydrogen-bond acceptors (Lipinski definition) is 2. The van der Waals surface area contributed by atoms with Crippen molar-refractivity contribution in [3.05, 3.63) is 33.8 Å². The van der Waals surface area contributed by atoms with Crippen molar-refractivity contribution in [3.8, 4) is 0 Å². The fourth-order valence-corrected chi connectivity index (χ4v) is 3.28. The van der Waals surface area contributed by atoms with Gasteiger partial charge in [-0.15, -0.1) is 0 Å². The molecule has 0 saturated carbocycles. The van der Waals surface area contributed by atoms with Crippen LogP contribution in [0.15, 0.2) is 18.2 Å². The van der Waals surface area contributed by atoms with Gasteiger partial charge in [-0.25, -0.2) is 0 Å². The zero-order valence-corrected chi connectivity index (χ0v) is 13.7. The fraction of sp³-hybridized carbons (Fsp3) is 0.625. The first-order valence-corrected chi connectivity index (χ1v) is 8.16. The van der Waals surface area contributed by atoms with Gasteiger partial charge in [0.05, 0.1) is 6.10 Å². The van der Waals surface area contributed by atoms with Crippen LogP contribution >= 0.6 is 23.2 Å². The highest BCUT2D eigenvalue weighted by Crippen LogP contribution is 2.27. The zero-order valence-electron chi connectivity index (χ0n) is 12.2. The molecule has 3 unspecified atom stereocenters. The number of nitrogens with one attached hydrogen (secondary N) is 1. The second-order valence-electron chi connectivity index (χ2n) is 5.60. The van der Waals surface area contributed by atoms with E-state index < -0.39 is 0 Å². The molecule has 1 N–H and O–H groups in total. The largest absolute Gasteiger partial charge is 0.376 e. The number of ether oxygens (including phenoxy) is 1. The van der Waals surface area contributed by atoms with E-state index in [-0.39, 0.29) is 6.10 Å². The Balaban J connectivity index is 2.10. The standard InChI is InChI=1S/C16H23Cl2NO/c1-3-7-19-15(16-11(2)6-8-20-16)9-12-4-5-13(17)10-14(12)18/h4-5,10-11,15-16,19H,3,6-9H2,1-2H3. The second kappa shape index (κ2) is 7.65. The summed E-state index contributed by atoms with van der Waals surface area (Å²) < 4.78 is 5.93. The van der Waals surface area contributed by atoms with Crippen molar-refractivity contribution in [2.24, 2.45) is 5.92 Å². The van der Waals surface area contributed by atoms with E-state index in [0.29, 0.717) is 17.0 Å². The molecule has 1 aromatic carbocycles. The Bertz CT molecular complexity index is 438. The molecule has 4 heteroatoms. The highest BCUT2D eigenvalue weighted by Gasteiger charge is 2.32. The van der Waals surface area contributed by atoms with Crippen LogP contribution in [0, 0.1) is 5.92 Å². The van der Waals surface area contributed by atoms with E-state index in [2.05, 4.69) is 19.2 Å². The monoisotopic (exact) mass is 315 g/mol. The van der Waals surface area contributed by atoms with E-state index >= 15 is 0 Å². The van der Waals surface area contributed by atoms with E-state index in [0.717, 1.165) is 43.0 Å². The number of halogens is 2. The molecule has 1 aliphatic rings. The van der Waals surface area contributed by atoms with Gasteiger partial charge in [0.2, 0.25) is 0 Å². The number of hydrogen-bond donors (Lipinski definition) is 1. The van der Waals surface area contributed by atoms with Crippen LogP contribution in [-0.4, -0.2) is 25.3 Å². The zero-order chi connectivity index (χ0) is 14.5. The molecule has 2 rings (SSSR count). The third kappa shape index (κ3) is 4.11. The maximum atomic E-state index is 6.30. The van der Waals surface area contributed by atoms with Crippen molar-refractivity contribution in [2.45, 2.75) is 45.3 Å². The van der Waals surface area contributed by atoms with Gasteiger partial charge in [0.1, 0.15) is 0 Å². The lowest BCUT2D eigenvalue weighted by atomic mass is 9.93. The van der Waals surface area contributed by atoms with Crippen molar-refractivity contribution in [1.82, 2.24) is 5.32 Å². The molecule has 1 aromatic rings. The molecule has 1 saturated heterocycles. The van der Waals surface area contributed by atoms with E-state index in [4.69, 9.17) is 27.9 Å². The molecule has 112 valence electrons. The van der Waals surface area contributed by atoms with Crippen LogP contribution in [0.3, 0.4) is 0 Å². The summed E-state index contributed by atoms with van der Waals surface area (Å²) in [6.45, 7) is 6.31. The molecule has 2 nitrogen and oxygen atoms in total. The van der Waals surface area contributed by atoms with Crippen molar-refractivity contribution in [2.75, 3.05) is 13.2 Å². The molecule has 0 aromatic heterocycles. The molecular formula is C16H23Cl2NO. The Morgan fingerprint density at radius 2 is 2.20 bits per heavy atom. The Kier molecular flexibility index (Phi) is 6.16. The van der Waals surface area contributed by atoms with E-state index in [1.54, 1.807) is 0 Å². The molecule has 0 amide bonds. The van der Waals surface area contributed by atoms with Gasteiger partial charge in [-0.05, 0) is 49.4 Å². The lowest BCUT2D eigenvalue weighted by Crippen LogP contribution is -2.44. The summed E-state index contributed by atoms with van der Waals surface area (Å²) in [4.78, 5) is 0. The number of rotatable bonds is 6. The lowest BCUT2D eigenvalue weighted by molar-refractivity contribution is 0.0610. The van der Waals surface area contributed by atoms with Crippen LogP contribution in [0.4, 0.5) is 0 Å². The summed E-state index contributed by atoms with van der Waals surface area (Å²) >= 11 is 12.3. The SMILES string of the molecule is CCCNC(Cc1ccc(Cl)cc1Cl)C1OCCC1C. The normalized spacial score (nSPS) is 24.0. The van der Waals surface area contributed by atoms with Crippen LogP contribution in [-0.2, 0) is 11.2 Å². The van der Waals surface area contributed by atoms with E-state index in [1.807, 2.05) is 18.2 Å². The first-order chi connectivity index (χ1) is 9.61. The smallest absolute Gasteiger partial charge is 0.0757 e. The fourth-order valence-electron chi connectivity index (χ4n) is 2.79. The summed E-state index contributed by atoms with van der Waals surface area (Å²) in [5, 5.41) is 5.04. The Labute approximate surface area is 131 Å².